The maximum atomic E-state index is 11.5. The van der Waals surface area contributed by atoms with Crippen molar-refractivity contribution >= 4 is 6.09 Å². The maximum absolute atomic E-state index is 11.5. The number of alkyl carbamates (subject to hydrolysis) is 1. The summed E-state index contributed by atoms with van der Waals surface area (Å²) in [6, 6.07) is -0.0236. The number of amides is 1. The van der Waals surface area contributed by atoms with Gasteiger partial charge >= 0.3 is 6.09 Å². The number of ether oxygens (including phenoxy) is 3. The molecule has 0 saturated carbocycles. The van der Waals surface area contributed by atoms with Crippen LogP contribution in [0, 0.1) is 0 Å². The smallest absolute Gasteiger partial charge is 0.407 e. The Hall–Kier alpha value is -0.850. The van der Waals surface area contributed by atoms with Crippen molar-refractivity contribution in [1.29, 1.82) is 0 Å². The molecule has 0 fully saturated rings. The molecule has 114 valence electrons. The van der Waals surface area contributed by atoms with Crippen molar-refractivity contribution in [3.63, 3.8) is 0 Å². The summed E-state index contributed by atoms with van der Waals surface area (Å²) >= 11 is 0. The minimum atomic E-state index is -0.484. The van der Waals surface area contributed by atoms with Gasteiger partial charge in [-0.2, -0.15) is 0 Å². The Kier molecular flexibility index (Phi) is 7.97. The molecule has 0 aromatic carbocycles. The van der Waals surface area contributed by atoms with Crippen molar-refractivity contribution in [1.82, 2.24) is 10.6 Å². The highest BCUT2D eigenvalue weighted by Crippen LogP contribution is 2.06. The Bertz CT molecular complexity index is 262. The van der Waals surface area contributed by atoms with Crippen LogP contribution in [0.15, 0.2) is 0 Å². The number of rotatable bonds is 7. The van der Waals surface area contributed by atoms with Crippen molar-refractivity contribution in [2.45, 2.75) is 58.6 Å². The first kappa shape index (κ1) is 18.1. The van der Waals surface area contributed by atoms with Gasteiger partial charge in [0.2, 0.25) is 0 Å². The monoisotopic (exact) mass is 276 g/mol. The molecule has 2 atom stereocenters. The van der Waals surface area contributed by atoms with Crippen LogP contribution in [0.4, 0.5) is 4.79 Å². The van der Waals surface area contributed by atoms with E-state index in [0.717, 1.165) is 0 Å². The van der Waals surface area contributed by atoms with Gasteiger partial charge in [-0.05, 0) is 34.6 Å². The van der Waals surface area contributed by atoms with Crippen molar-refractivity contribution < 1.29 is 19.0 Å². The van der Waals surface area contributed by atoms with Gasteiger partial charge in [0.25, 0.3) is 0 Å². The van der Waals surface area contributed by atoms with E-state index in [1.54, 1.807) is 14.2 Å². The molecule has 0 saturated heterocycles. The van der Waals surface area contributed by atoms with E-state index in [2.05, 4.69) is 10.6 Å². The lowest BCUT2D eigenvalue weighted by atomic mass is 10.2. The van der Waals surface area contributed by atoms with E-state index in [-0.39, 0.29) is 18.4 Å². The fourth-order valence-electron chi connectivity index (χ4n) is 1.52. The number of nitrogens with one attached hydrogen (secondary N) is 2. The molecule has 6 heteroatoms. The zero-order valence-electron chi connectivity index (χ0n) is 13.1. The van der Waals surface area contributed by atoms with Gasteiger partial charge in [0, 0.05) is 26.8 Å². The largest absolute Gasteiger partial charge is 0.444 e. The van der Waals surface area contributed by atoms with Crippen molar-refractivity contribution in [3.05, 3.63) is 0 Å². The van der Waals surface area contributed by atoms with Crippen LogP contribution in [0.5, 0.6) is 0 Å². The normalized spacial score (nSPS) is 15.2. The Balaban J connectivity index is 3.98. The second-order valence-corrected chi connectivity index (χ2v) is 5.58. The Labute approximate surface area is 116 Å². The van der Waals surface area contributed by atoms with Gasteiger partial charge in [-0.1, -0.05) is 0 Å². The van der Waals surface area contributed by atoms with Crippen LogP contribution < -0.4 is 10.6 Å². The molecule has 0 aromatic rings. The second-order valence-electron chi connectivity index (χ2n) is 5.58. The third kappa shape index (κ3) is 8.80. The first-order valence-corrected chi connectivity index (χ1v) is 6.48. The van der Waals surface area contributed by atoms with E-state index in [0.29, 0.717) is 6.54 Å². The molecule has 0 aliphatic rings. The zero-order valence-corrected chi connectivity index (χ0v) is 13.1. The van der Waals surface area contributed by atoms with Crippen LogP contribution in [0.25, 0.3) is 0 Å². The highest BCUT2D eigenvalue weighted by molar-refractivity contribution is 5.68. The van der Waals surface area contributed by atoms with Gasteiger partial charge in [0.05, 0.1) is 6.04 Å². The van der Waals surface area contributed by atoms with Crippen LogP contribution in [0.1, 0.15) is 34.6 Å². The van der Waals surface area contributed by atoms with Crippen molar-refractivity contribution in [3.8, 4) is 0 Å². The first-order valence-electron chi connectivity index (χ1n) is 6.48. The average Bonchev–Trinajstić information content (AvgIpc) is 2.25. The van der Waals surface area contributed by atoms with Crippen LogP contribution in [-0.2, 0) is 14.2 Å². The van der Waals surface area contributed by atoms with E-state index < -0.39 is 11.7 Å². The summed E-state index contributed by atoms with van der Waals surface area (Å²) in [5.41, 5.74) is -0.484. The van der Waals surface area contributed by atoms with Crippen molar-refractivity contribution in [2.75, 3.05) is 20.8 Å². The number of hydrogen-bond acceptors (Lipinski definition) is 5. The SMILES string of the molecule is COC(OC)C(C)NCC(C)NC(=O)OC(C)(C)C. The summed E-state index contributed by atoms with van der Waals surface area (Å²) in [5.74, 6) is 0. The van der Waals surface area contributed by atoms with E-state index in [4.69, 9.17) is 14.2 Å². The Morgan fingerprint density at radius 2 is 1.68 bits per heavy atom. The van der Waals surface area contributed by atoms with Crippen molar-refractivity contribution in [2.24, 2.45) is 0 Å². The third-order valence-electron chi connectivity index (χ3n) is 2.38. The summed E-state index contributed by atoms with van der Waals surface area (Å²) in [7, 11) is 3.18. The summed E-state index contributed by atoms with van der Waals surface area (Å²) in [6.45, 7) is 9.96. The molecule has 0 radical (unpaired) electrons. The molecular weight excluding hydrogens is 248 g/mol. The minimum absolute atomic E-state index is 0.0258. The Morgan fingerprint density at radius 1 is 1.16 bits per heavy atom. The molecule has 1 amide bonds. The van der Waals surface area contributed by atoms with Gasteiger partial charge in [-0.25, -0.2) is 4.79 Å². The van der Waals surface area contributed by atoms with Crippen LogP contribution >= 0.6 is 0 Å². The molecule has 0 rings (SSSR count). The van der Waals surface area contributed by atoms with E-state index in [1.165, 1.54) is 0 Å². The predicted molar refractivity (Wildman–Crippen MR) is 74.1 cm³/mol. The molecule has 0 aromatic heterocycles. The molecule has 19 heavy (non-hydrogen) atoms. The van der Waals surface area contributed by atoms with Gasteiger partial charge < -0.3 is 24.8 Å². The molecule has 0 spiro atoms. The lowest BCUT2D eigenvalue weighted by molar-refractivity contribution is -0.119. The number of methoxy groups -OCH3 is 2. The molecule has 2 unspecified atom stereocenters. The molecule has 2 N–H and O–H groups in total. The molecule has 0 heterocycles. The van der Waals surface area contributed by atoms with E-state index in [9.17, 15) is 4.79 Å². The van der Waals surface area contributed by atoms with E-state index >= 15 is 0 Å². The average molecular weight is 276 g/mol. The fraction of sp³-hybridized carbons (Fsp3) is 0.923. The second kappa shape index (κ2) is 8.35. The lowest BCUT2D eigenvalue weighted by Gasteiger charge is -2.25. The standard InChI is InChI=1S/C13H28N2O4/c1-9(15-12(16)19-13(3,4)5)8-14-10(2)11(17-6)18-7/h9-11,14H,8H2,1-7H3,(H,15,16). The first-order chi connectivity index (χ1) is 8.69. The predicted octanol–water partition coefficient (Wildman–Crippen LogP) is 1.50. The molecule has 0 aliphatic heterocycles. The van der Waals surface area contributed by atoms with Gasteiger partial charge in [0.15, 0.2) is 6.29 Å². The minimum Gasteiger partial charge on any atom is -0.444 e. The summed E-state index contributed by atoms with van der Waals surface area (Å²) in [6.07, 6.45) is -0.724. The third-order valence-corrected chi connectivity index (χ3v) is 2.38. The highest BCUT2D eigenvalue weighted by atomic mass is 16.7. The maximum Gasteiger partial charge on any atom is 0.407 e. The Morgan fingerprint density at radius 3 is 2.11 bits per heavy atom. The molecule has 6 nitrogen and oxygen atoms in total. The molecule has 0 aliphatic carbocycles. The van der Waals surface area contributed by atoms with E-state index in [1.807, 2.05) is 34.6 Å². The van der Waals surface area contributed by atoms with Crippen LogP contribution in [0.3, 0.4) is 0 Å². The lowest BCUT2D eigenvalue weighted by Crippen LogP contribution is -2.47. The molecular formula is C13H28N2O4. The van der Waals surface area contributed by atoms with Gasteiger partial charge in [0.1, 0.15) is 5.60 Å². The highest BCUT2D eigenvalue weighted by Gasteiger charge is 2.19. The van der Waals surface area contributed by atoms with Crippen LogP contribution in [0.2, 0.25) is 0 Å². The number of carbonyl (C=O) groups excluding carboxylic acids is 1. The summed E-state index contributed by atoms with van der Waals surface area (Å²) in [4.78, 5) is 11.5. The fourth-order valence-corrected chi connectivity index (χ4v) is 1.52. The number of carbonyl (C=O) groups is 1. The van der Waals surface area contributed by atoms with Crippen LogP contribution in [-0.4, -0.2) is 50.8 Å². The van der Waals surface area contributed by atoms with Gasteiger partial charge in [-0.3, -0.25) is 0 Å². The molecule has 0 bridgehead atoms. The topological polar surface area (TPSA) is 68.8 Å². The van der Waals surface area contributed by atoms with Gasteiger partial charge in [-0.15, -0.1) is 0 Å². The number of hydrogen-bond donors (Lipinski definition) is 2. The zero-order chi connectivity index (χ0) is 15.1. The summed E-state index contributed by atoms with van der Waals surface area (Å²) < 4.78 is 15.5. The summed E-state index contributed by atoms with van der Waals surface area (Å²) in [5, 5.41) is 5.99. The quantitative estimate of drug-likeness (QED) is 0.690.